The van der Waals surface area contributed by atoms with Crippen LogP contribution in [0.2, 0.25) is 0 Å². The van der Waals surface area contributed by atoms with Crippen LogP contribution in [-0.4, -0.2) is 39.8 Å². The third-order valence-electron chi connectivity index (χ3n) is 3.34. The van der Waals surface area contributed by atoms with Crippen LogP contribution in [0.5, 0.6) is 0 Å². The fraction of sp³-hybridized carbons (Fsp3) is 0.714. The van der Waals surface area contributed by atoms with E-state index < -0.39 is 11.7 Å². The van der Waals surface area contributed by atoms with Gasteiger partial charge in [-0.05, 0) is 39.5 Å². The Morgan fingerprint density at radius 1 is 1.50 bits per heavy atom. The van der Waals surface area contributed by atoms with Gasteiger partial charge in [0.2, 0.25) is 0 Å². The molecule has 112 valence electrons. The minimum atomic E-state index is -0.518. The van der Waals surface area contributed by atoms with Gasteiger partial charge in [-0.25, -0.2) is 9.78 Å². The first kappa shape index (κ1) is 15.3. The van der Waals surface area contributed by atoms with Gasteiger partial charge in [-0.15, -0.1) is 11.3 Å². The number of hydrogen-bond donors (Lipinski definition) is 1. The lowest BCUT2D eigenvalue weighted by molar-refractivity contribution is 0.00765. The predicted octanol–water partition coefficient (Wildman–Crippen LogP) is 2.82. The summed E-state index contributed by atoms with van der Waals surface area (Å²) in [5.74, 6) is 0.167. The first-order valence-electron chi connectivity index (χ1n) is 6.92. The first-order valence-corrected chi connectivity index (χ1v) is 7.80. The predicted molar refractivity (Wildman–Crippen MR) is 77.6 cm³/mol. The Labute approximate surface area is 123 Å². The van der Waals surface area contributed by atoms with Crippen molar-refractivity contribution in [2.45, 2.75) is 45.3 Å². The van der Waals surface area contributed by atoms with Gasteiger partial charge in [0.05, 0.1) is 0 Å². The summed E-state index contributed by atoms with van der Waals surface area (Å²) in [6.45, 7) is 6.85. The van der Waals surface area contributed by atoms with E-state index in [0.29, 0.717) is 13.1 Å². The number of hydrogen-bond acceptors (Lipinski definition) is 5. The molecule has 1 N–H and O–H groups in total. The van der Waals surface area contributed by atoms with E-state index in [4.69, 9.17) is 4.74 Å². The summed E-state index contributed by atoms with van der Waals surface area (Å²) in [7, 11) is 0. The molecule has 1 atom stereocenters. The molecule has 1 amide bonds. The molecular weight excluding hydrogens is 276 g/mol. The van der Waals surface area contributed by atoms with Crippen LogP contribution in [0.15, 0.2) is 11.6 Å². The van der Waals surface area contributed by atoms with E-state index in [1.54, 1.807) is 11.1 Å². The van der Waals surface area contributed by atoms with Crippen molar-refractivity contribution >= 4 is 17.4 Å². The van der Waals surface area contributed by atoms with Gasteiger partial charge in [0.25, 0.3) is 0 Å². The average molecular weight is 298 g/mol. The molecule has 20 heavy (non-hydrogen) atoms. The van der Waals surface area contributed by atoms with E-state index in [-0.39, 0.29) is 12.0 Å². The van der Waals surface area contributed by atoms with Gasteiger partial charge in [0.1, 0.15) is 16.7 Å². The van der Waals surface area contributed by atoms with Crippen LogP contribution in [-0.2, 0) is 4.74 Å². The van der Waals surface area contributed by atoms with E-state index in [0.717, 1.165) is 17.8 Å². The zero-order valence-electron chi connectivity index (χ0n) is 12.2. The van der Waals surface area contributed by atoms with Crippen LogP contribution in [0.4, 0.5) is 4.79 Å². The summed E-state index contributed by atoms with van der Waals surface area (Å²) in [5.41, 5.74) is -0.464. The Morgan fingerprint density at radius 3 is 2.65 bits per heavy atom. The maximum absolute atomic E-state index is 11.9. The zero-order valence-corrected chi connectivity index (χ0v) is 13.0. The smallest absolute Gasteiger partial charge is 0.410 e. The topological polar surface area (TPSA) is 62.7 Å². The van der Waals surface area contributed by atoms with E-state index >= 15 is 0 Å². The van der Waals surface area contributed by atoms with Crippen molar-refractivity contribution in [1.29, 1.82) is 0 Å². The summed E-state index contributed by atoms with van der Waals surface area (Å²) in [6.07, 6.45) is 2.48. The Morgan fingerprint density at radius 2 is 2.15 bits per heavy atom. The third-order valence-corrected chi connectivity index (χ3v) is 4.19. The molecule has 2 heterocycles. The van der Waals surface area contributed by atoms with Crippen molar-refractivity contribution in [3.05, 3.63) is 16.6 Å². The minimum absolute atomic E-state index is 0.167. The lowest BCUT2D eigenvalue weighted by Gasteiger charge is -2.34. The maximum atomic E-state index is 11.9. The van der Waals surface area contributed by atoms with Gasteiger partial charge in [-0.1, -0.05) is 0 Å². The van der Waals surface area contributed by atoms with Crippen molar-refractivity contribution in [3.8, 4) is 0 Å². The number of carbonyl (C=O) groups excluding carboxylic acids is 1. The van der Waals surface area contributed by atoms with Crippen LogP contribution >= 0.6 is 11.3 Å². The SMILES string of the molecule is CC(C)(C)OC(=O)N1CCC([C@H](O)c2nccs2)CC1. The van der Waals surface area contributed by atoms with Gasteiger partial charge in [0.15, 0.2) is 0 Å². The number of ether oxygens (including phenoxy) is 1. The largest absolute Gasteiger partial charge is 0.444 e. The molecule has 6 heteroatoms. The van der Waals surface area contributed by atoms with Gasteiger partial charge in [-0.2, -0.15) is 0 Å². The molecule has 5 nitrogen and oxygen atoms in total. The van der Waals surface area contributed by atoms with Crippen LogP contribution in [0, 0.1) is 5.92 Å². The number of amides is 1. The molecule has 1 aromatic heterocycles. The highest BCUT2D eigenvalue weighted by Gasteiger charge is 2.31. The molecular formula is C14H22N2O3S. The summed E-state index contributed by atoms with van der Waals surface area (Å²) in [6, 6.07) is 0. The Kier molecular flexibility index (Phi) is 4.65. The van der Waals surface area contributed by atoms with Gasteiger partial charge >= 0.3 is 6.09 Å². The molecule has 0 spiro atoms. The lowest BCUT2D eigenvalue weighted by atomic mass is 9.91. The molecule has 0 saturated carbocycles. The number of carbonyl (C=O) groups is 1. The first-order chi connectivity index (χ1) is 9.37. The van der Waals surface area contributed by atoms with Crippen LogP contribution < -0.4 is 0 Å². The molecule has 1 aliphatic heterocycles. The van der Waals surface area contributed by atoms with Crippen LogP contribution in [0.25, 0.3) is 0 Å². The summed E-state index contributed by atoms with van der Waals surface area (Å²) in [4.78, 5) is 17.8. The van der Waals surface area contributed by atoms with Crippen molar-refractivity contribution < 1.29 is 14.6 Å². The standard InChI is InChI=1S/C14H22N2O3S/c1-14(2,3)19-13(18)16-7-4-10(5-8-16)11(17)12-15-6-9-20-12/h6,9-11,17H,4-5,7-8H2,1-3H3/t11-/m0/s1. The van der Waals surface area contributed by atoms with Gasteiger partial charge in [0, 0.05) is 24.7 Å². The number of rotatable bonds is 2. The van der Waals surface area contributed by atoms with Crippen molar-refractivity contribution in [2.75, 3.05) is 13.1 Å². The highest BCUT2D eigenvalue weighted by molar-refractivity contribution is 7.09. The number of nitrogens with zero attached hydrogens (tertiary/aromatic N) is 2. The fourth-order valence-electron chi connectivity index (χ4n) is 2.31. The average Bonchev–Trinajstić information content (AvgIpc) is 2.90. The molecule has 1 fully saturated rings. The number of aromatic nitrogens is 1. The molecule has 0 radical (unpaired) electrons. The highest BCUT2D eigenvalue weighted by atomic mass is 32.1. The number of aliphatic hydroxyl groups excluding tert-OH is 1. The van der Waals surface area contributed by atoms with E-state index in [1.807, 2.05) is 26.2 Å². The number of likely N-dealkylation sites (tertiary alicyclic amines) is 1. The van der Waals surface area contributed by atoms with Crippen LogP contribution in [0.1, 0.15) is 44.7 Å². The van der Waals surface area contributed by atoms with Crippen molar-refractivity contribution in [3.63, 3.8) is 0 Å². The lowest BCUT2D eigenvalue weighted by Crippen LogP contribution is -2.42. The summed E-state index contributed by atoms with van der Waals surface area (Å²) < 4.78 is 5.36. The Hall–Kier alpha value is -1.14. The molecule has 1 aliphatic rings. The van der Waals surface area contributed by atoms with E-state index in [1.165, 1.54) is 11.3 Å². The molecule has 1 saturated heterocycles. The molecule has 2 rings (SSSR count). The second-order valence-electron chi connectivity index (χ2n) is 6.12. The molecule has 0 aromatic carbocycles. The second kappa shape index (κ2) is 6.10. The number of aliphatic hydroxyl groups is 1. The van der Waals surface area contributed by atoms with E-state index in [9.17, 15) is 9.90 Å². The second-order valence-corrected chi connectivity index (χ2v) is 7.05. The number of thiazole rings is 1. The monoisotopic (exact) mass is 298 g/mol. The van der Waals surface area contributed by atoms with Crippen molar-refractivity contribution in [2.24, 2.45) is 5.92 Å². The van der Waals surface area contributed by atoms with Gasteiger partial charge in [-0.3, -0.25) is 0 Å². The summed E-state index contributed by atoms with van der Waals surface area (Å²) >= 11 is 1.47. The fourth-order valence-corrected chi connectivity index (χ4v) is 3.02. The molecule has 0 unspecified atom stereocenters. The van der Waals surface area contributed by atoms with Crippen LogP contribution in [0.3, 0.4) is 0 Å². The quantitative estimate of drug-likeness (QED) is 0.912. The van der Waals surface area contributed by atoms with Gasteiger partial charge < -0.3 is 14.7 Å². The Bertz CT molecular complexity index is 434. The zero-order chi connectivity index (χ0) is 14.8. The Balaban J connectivity index is 1.85. The van der Waals surface area contributed by atoms with E-state index in [2.05, 4.69) is 4.98 Å². The summed E-state index contributed by atoms with van der Waals surface area (Å²) in [5, 5.41) is 12.9. The maximum Gasteiger partial charge on any atom is 0.410 e. The molecule has 0 bridgehead atoms. The third kappa shape index (κ3) is 3.93. The normalized spacial score (nSPS) is 18.9. The van der Waals surface area contributed by atoms with Crippen molar-refractivity contribution in [1.82, 2.24) is 9.88 Å². The highest BCUT2D eigenvalue weighted by Crippen LogP contribution is 2.31. The molecule has 0 aliphatic carbocycles. The minimum Gasteiger partial charge on any atom is -0.444 e. The molecule has 1 aromatic rings. The number of piperidine rings is 1.